The van der Waals surface area contributed by atoms with E-state index in [-0.39, 0.29) is 11.5 Å². The lowest BCUT2D eigenvalue weighted by Crippen LogP contribution is -2.43. The molecule has 0 bridgehead atoms. The van der Waals surface area contributed by atoms with Crippen LogP contribution in [0.25, 0.3) is 0 Å². The Bertz CT molecular complexity index is 229. The molecule has 1 atom stereocenters. The minimum Gasteiger partial charge on any atom is -0.375 e. The Hall–Kier alpha value is -0.610. The van der Waals surface area contributed by atoms with E-state index < -0.39 is 0 Å². The van der Waals surface area contributed by atoms with Crippen LogP contribution in [-0.2, 0) is 9.53 Å². The van der Waals surface area contributed by atoms with E-state index in [1.54, 1.807) is 0 Å². The van der Waals surface area contributed by atoms with Crippen LogP contribution < -0.4 is 11.1 Å². The van der Waals surface area contributed by atoms with Gasteiger partial charge < -0.3 is 15.8 Å². The van der Waals surface area contributed by atoms with Crippen LogP contribution in [0.15, 0.2) is 0 Å². The molecule has 3 N–H and O–H groups in total. The van der Waals surface area contributed by atoms with Crippen LogP contribution in [0.2, 0.25) is 0 Å². The zero-order chi connectivity index (χ0) is 12.0. The molecule has 4 heteroatoms. The average molecular weight is 228 g/mol. The third-order valence-electron chi connectivity index (χ3n) is 2.98. The highest BCUT2D eigenvalue weighted by atomic mass is 16.5. The molecule has 1 aliphatic heterocycles. The number of primary amides is 1. The summed E-state index contributed by atoms with van der Waals surface area (Å²) < 4.78 is 5.65. The van der Waals surface area contributed by atoms with Gasteiger partial charge in [-0.3, -0.25) is 4.79 Å². The summed E-state index contributed by atoms with van der Waals surface area (Å²) in [4.78, 5) is 10.5. The molecule has 0 aromatic rings. The molecular weight excluding hydrogens is 204 g/mol. The fourth-order valence-electron chi connectivity index (χ4n) is 2.14. The van der Waals surface area contributed by atoms with Gasteiger partial charge in [-0.05, 0) is 46.1 Å². The molecule has 0 saturated carbocycles. The molecule has 94 valence electrons. The highest BCUT2D eigenvalue weighted by molar-refractivity contribution is 5.73. The number of carbonyl (C=O) groups excluding carboxylic acids is 1. The average Bonchev–Trinajstić information content (AvgIpc) is 2.15. The summed E-state index contributed by atoms with van der Waals surface area (Å²) in [6.45, 7) is 6.07. The molecule has 1 aliphatic rings. The topological polar surface area (TPSA) is 64.3 Å². The summed E-state index contributed by atoms with van der Waals surface area (Å²) in [5.41, 5.74) is 5.08. The first-order valence-electron chi connectivity index (χ1n) is 6.15. The number of unbranched alkanes of at least 4 members (excludes halogenated alkanes) is 1. The molecule has 0 spiro atoms. The van der Waals surface area contributed by atoms with Gasteiger partial charge in [-0.1, -0.05) is 0 Å². The standard InChI is InChI=1S/C12H24N2O2/c1-12(2)9-10(6-8-16-12)14-7-4-3-5-11(13)15/h10,14H,3-9H2,1-2H3,(H2,13,15). The van der Waals surface area contributed by atoms with Crippen molar-refractivity contribution >= 4 is 5.91 Å². The molecule has 1 amide bonds. The van der Waals surface area contributed by atoms with Crippen LogP contribution in [0.1, 0.15) is 46.0 Å². The summed E-state index contributed by atoms with van der Waals surface area (Å²) >= 11 is 0. The van der Waals surface area contributed by atoms with E-state index in [0.717, 1.165) is 38.8 Å². The normalized spacial score (nSPS) is 24.2. The van der Waals surface area contributed by atoms with Gasteiger partial charge in [-0.25, -0.2) is 0 Å². The number of hydrogen-bond donors (Lipinski definition) is 2. The molecule has 0 aromatic heterocycles. The molecule has 4 nitrogen and oxygen atoms in total. The van der Waals surface area contributed by atoms with Gasteiger partial charge in [0.1, 0.15) is 0 Å². The lowest BCUT2D eigenvalue weighted by molar-refractivity contribution is -0.118. The molecule has 0 aliphatic carbocycles. The lowest BCUT2D eigenvalue weighted by atomic mass is 9.94. The molecule has 1 heterocycles. The zero-order valence-corrected chi connectivity index (χ0v) is 10.4. The Labute approximate surface area is 97.9 Å². The molecule has 0 aromatic carbocycles. The number of nitrogens with one attached hydrogen (secondary N) is 1. The maximum Gasteiger partial charge on any atom is 0.217 e. The van der Waals surface area contributed by atoms with Crippen molar-refractivity contribution in [2.24, 2.45) is 5.73 Å². The monoisotopic (exact) mass is 228 g/mol. The van der Waals surface area contributed by atoms with Crippen molar-refractivity contribution in [2.75, 3.05) is 13.2 Å². The first-order valence-corrected chi connectivity index (χ1v) is 6.15. The first kappa shape index (κ1) is 13.5. The van der Waals surface area contributed by atoms with E-state index in [2.05, 4.69) is 19.2 Å². The highest BCUT2D eigenvalue weighted by Crippen LogP contribution is 2.23. The molecule has 1 unspecified atom stereocenters. The van der Waals surface area contributed by atoms with Crippen LogP contribution in [0.5, 0.6) is 0 Å². The van der Waals surface area contributed by atoms with E-state index in [4.69, 9.17) is 10.5 Å². The largest absolute Gasteiger partial charge is 0.375 e. The fraction of sp³-hybridized carbons (Fsp3) is 0.917. The predicted octanol–water partition coefficient (Wildman–Crippen LogP) is 1.19. The SMILES string of the molecule is CC1(C)CC(NCCCCC(N)=O)CCO1. The molecule has 0 radical (unpaired) electrons. The van der Waals surface area contributed by atoms with Crippen LogP contribution in [-0.4, -0.2) is 30.7 Å². The van der Waals surface area contributed by atoms with Crippen LogP contribution in [0, 0.1) is 0 Å². The third-order valence-corrected chi connectivity index (χ3v) is 2.98. The van der Waals surface area contributed by atoms with Crippen LogP contribution in [0.3, 0.4) is 0 Å². The van der Waals surface area contributed by atoms with Gasteiger partial charge >= 0.3 is 0 Å². The van der Waals surface area contributed by atoms with Gasteiger partial charge in [-0.2, -0.15) is 0 Å². The molecule has 1 fully saturated rings. The van der Waals surface area contributed by atoms with Gasteiger partial charge in [0, 0.05) is 19.1 Å². The second-order valence-corrected chi connectivity index (χ2v) is 5.18. The molecule has 1 saturated heterocycles. The summed E-state index contributed by atoms with van der Waals surface area (Å²) in [6.07, 6.45) is 4.54. The molecule has 16 heavy (non-hydrogen) atoms. The fourth-order valence-corrected chi connectivity index (χ4v) is 2.14. The summed E-state index contributed by atoms with van der Waals surface area (Å²) in [5.74, 6) is -0.202. The molecular formula is C12H24N2O2. The maximum atomic E-state index is 10.5. The number of amides is 1. The maximum absolute atomic E-state index is 10.5. The minimum atomic E-state index is -0.202. The third kappa shape index (κ3) is 5.47. The van der Waals surface area contributed by atoms with Crippen LogP contribution >= 0.6 is 0 Å². The Morgan fingerprint density at radius 3 is 2.88 bits per heavy atom. The Balaban J connectivity index is 2.06. The second-order valence-electron chi connectivity index (χ2n) is 5.18. The number of hydrogen-bond acceptors (Lipinski definition) is 3. The second kappa shape index (κ2) is 6.21. The Morgan fingerprint density at radius 2 is 2.25 bits per heavy atom. The summed E-state index contributed by atoms with van der Waals surface area (Å²) in [7, 11) is 0. The smallest absolute Gasteiger partial charge is 0.217 e. The highest BCUT2D eigenvalue weighted by Gasteiger charge is 2.28. The summed E-state index contributed by atoms with van der Waals surface area (Å²) in [5, 5.41) is 3.52. The zero-order valence-electron chi connectivity index (χ0n) is 10.4. The minimum absolute atomic E-state index is 0.00312. The first-order chi connectivity index (χ1) is 7.49. The van der Waals surface area contributed by atoms with Crippen molar-refractivity contribution in [3.8, 4) is 0 Å². The van der Waals surface area contributed by atoms with E-state index in [0.29, 0.717) is 12.5 Å². The van der Waals surface area contributed by atoms with E-state index in [1.807, 2.05) is 0 Å². The number of rotatable bonds is 6. The van der Waals surface area contributed by atoms with Gasteiger partial charge in [-0.15, -0.1) is 0 Å². The molecule has 1 rings (SSSR count). The van der Waals surface area contributed by atoms with Gasteiger partial charge in [0.15, 0.2) is 0 Å². The predicted molar refractivity (Wildman–Crippen MR) is 64.1 cm³/mol. The van der Waals surface area contributed by atoms with Crippen molar-refractivity contribution in [1.82, 2.24) is 5.32 Å². The Morgan fingerprint density at radius 1 is 1.50 bits per heavy atom. The van der Waals surface area contributed by atoms with E-state index in [9.17, 15) is 4.79 Å². The van der Waals surface area contributed by atoms with Gasteiger partial charge in [0.2, 0.25) is 5.91 Å². The number of nitrogens with two attached hydrogens (primary N) is 1. The lowest BCUT2D eigenvalue weighted by Gasteiger charge is -2.36. The van der Waals surface area contributed by atoms with Crippen molar-refractivity contribution in [1.29, 1.82) is 0 Å². The van der Waals surface area contributed by atoms with Crippen molar-refractivity contribution in [2.45, 2.75) is 57.6 Å². The van der Waals surface area contributed by atoms with Crippen LogP contribution in [0.4, 0.5) is 0 Å². The van der Waals surface area contributed by atoms with Crippen molar-refractivity contribution < 1.29 is 9.53 Å². The number of carbonyl (C=O) groups is 1. The Kier molecular flexibility index (Phi) is 5.22. The van der Waals surface area contributed by atoms with Gasteiger partial charge in [0.05, 0.1) is 5.60 Å². The quantitative estimate of drug-likeness (QED) is 0.671. The van der Waals surface area contributed by atoms with Gasteiger partial charge in [0.25, 0.3) is 0 Å². The van der Waals surface area contributed by atoms with Crippen molar-refractivity contribution in [3.63, 3.8) is 0 Å². The summed E-state index contributed by atoms with van der Waals surface area (Å²) in [6, 6.07) is 0.553. The van der Waals surface area contributed by atoms with E-state index in [1.165, 1.54) is 0 Å². The number of ether oxygens (including phenoxy) is 1. The van der Waals surface area contributed by atoms with Crippen molar-refractivity contribution in [3.05, 3.63) is 0 Å². The van der Waals surface area contributed by atoms with E-state index >= 15 is 0 Å².